The van der Waals surface area contributed by atoms with Crippen molar-refractivity contribution in [3.05, 3.63) is 74.8 Å². The Kier molecular flexibility index (Phi) is 7.86. The van der Waals surface area contributed by atoms with Gasteiger partial charge in [0.1, 0.15) is 5.75 Å². The highest BCUT2D eigenvalue weighted by molar-refractivity contribution is 5.85. The molecule has 0 unspecified atom stereocenters. The van der Waals surface area contributed by atoms with Gasteiger partial charge in [-0.05, 0) is 66.3 Å². The number of nitrogens with zero attached hydrogens (tertiary/aromatic N) is 1. The van der Waals surface area contributed by atoms with Gasteiger partial charge < -0.3 is 5.11 Å². The maximum Gasteiger partial charge on any atom is 0.269 e. The summed E-state index contributed by atoms with van der Waals surface area (Å²) in [5.74, 6) is 0.274. The SMILES string of the molecule is CC.CC.CC1=C(c2ccc([N+](=O)[O-])cc2)c2ccc(O)cc2CC1. The van der Waals surface area contributed by atoms with E-state index in [1.807, 2.05) is 33.8 Å². The second-order valence-corrected chi connectivity index (χ2v) is 5.30. The van der Waals surface area contributed by atoms with Crippen molar-refractivity contribution in [3.63, 3.8) is 0 Å². The highest BCUT2D eigenvalue weighted by Crippen LogP contribution is 2.37. The maximum atomic E-state index is 10.8. The number of fused-ring (bicyclic) bond motifs is 1. The number of nitro groups is 1. The average molecular weight is 341 g/mol. The van der Waals surface area contributed by atoms with E-state index in [1.54, 1.807) is 24.3 Å². The monoisotopic (exact) mass is 341 g/mol. The highest BCUT2D eigenvalue weighted by atomic mass is 16.6. The Hall–Kier alpha value is -2.62. The van der Waals surface area contributed by atoms with E-state index in [9.17, 15) is 15.2 Å². The van der Waals surface area contributed by atoms with Gasteiger partial charge in [0, 0.05) is 12.1 Å². The van der Waals surface area contributed by atoms with Gasteiger partial charge in [0.25, 0.3) is 5.69 Å². The molecule has 0 saturated carbocycles. The summed E-state index contributed by atoms with van der Waals surface area (Å²) in [6, 6.07) is 12.0. The summed E-state index contributed by atoms with van der Waals surface area (Å²) in [6.07, 6.45) is 1.84. The van der Waals surface area contributed by atoms with E-state index in [1.165, 1.54) is 17.7 Å². The fourth-order valence-corrected chi connectivity index (χ4v) is 2.86. The number of benzene rings is 2. The van der Waals surface area contributed by atoms with E-state index in [2.05, 4.69) is 6.92 Å². The van der Waals surface area contributed by atoms with Gasteiger partial charge in [-0.15, -0.1) is 0 Å². The summed E-state index contributed by atoms with van der Waals surface area (Å²) < 4.78 is 0. The first-order valence-corrected chi connectivity index (χ1v) is 8.83. The van der Waals surface area contributed by atoms with E-state index in [0.29, 0.717) is 0 Å². The molecular formula is C21H27NO3. The highest BCUT2D eigenvalue weighted by Gasteiger charge is 2.19. The number of allylic oxidation sites excluding steroid dienone is 1. The van der Waals surface area contributed by atoms with Crippen molar-refractivity contribution in [2.75, 3.05) is 0 Å². The second-order valence-electron chi connectivity index (χ2n) is 5.30. The third kappa shape index (κ3) is 4.69. The van der Waals surface area contributed by atoms with Crippen LogP contribution in [0.25, 0.3) is 5.57 Å². The lowest BCUT2D eigenvalue weighted by Gasteiger charge is -2.22. The normalized spacial score (nSPS) is 12.2. The van der Waals surface area contributed by atoms with Gasteiger partial charge in [0.05, 0.1) is 4.92 Å². The van der Waals surface area contributed by atoms with Crippen LogP contribution in [0, 0.1) is 10.1 Å². The predicted octanol–water partition coefficient (Wildman–Crippen LogP) is 6.12. The Labute approximate surface area is 150 Å². The molecule has 1 N–H and O–H groups in total. The number of nitro benzene ring substituents is 1. The number of hydrogen-bond donors (Lipinski definition) is 1. The zero-order chi connectivity index (χ0) is 19.0. The predicted molar refractivity (Wildman–Crippen MR) is 104 cm³/mol. The molecule has 4 heteroatoms. The number of hydrogen-bond acceptors (Lipinski definition) is 3. The number of rotatable bonds is 2. The summed E-state index contributed by atoms with van der Waals surface area (Å²) in [5, 5.41) is 20.4. The molecule has 0 amide bonds. The molecule has 0 radical (unpaired) electrons. The summed E-state index contributed by atoms with van der Waals surface area (Å²) >= 11 is 0. The minimum absolute atomic E-state index is 0.0961. The van der Waals surface area contributed by atoms with Crippen LogP contribution in [-0.2, 0) is 6.42 Å². The fraction of sp³-hybridized carbons (Fsp3) is 0.333. The lowest BCUT2D eigenvalue weighted by molar-refractivity contribution is -0.384. The van der Waals surface area contributed by atoms with Crippen LogP contribution < -0.4 is 0 Å². The Morgan fingerprint density at radius 2 is 1.56 bits per heavy atom. The van der Waals surface area contributed by atoms with Crippen LogP contribution in [0.3, 0.4) is 0 Å². The molecule has 1 aliphatic rings. The van der Waals surface area contributed by atoms with Gasteiger partial charge in [0.15, 0.2) is 0 Å². The molecule has 0 fully saturated rings. The van der Waals surface area contributed by atoms with E-state index in [4.69, 9.17) is 0 Å². The molecule has 0 aromatic heterocycles. The first kappa shape index (κ1) is 20.4. The van der Waals surface area contributed by atoms with Crippen LogP contribution in [0.1, 0.15) is 57.7 Å². The van der Waals surface area contributed by atoms with Crippen molar-refractivity contribution in [2.45, 2.75) is 47.5 Å². The van der Waals surface area contributed by atoms with Gasteiger partial charge in [-0.3, -0.25) is 10.1 Å². The maximum absolute atomic E-state index is 10.8. The standard InChI is InChI=1S/C17H15NO3.2C2H6/c1-11-2-3-13-10-15(19)8-9-16(13)17(11)12-4-6-14(7-5-12)18(20)21;2*1-2/h4-10,19H,2-3H2,1H3;2*1-2H3. The minimum Gasteiger partial charge on any atom is -0.508 e. The smallest absolute Gasteiger partial charge is 0.269 e. The van der Waals surface area contributed by atoms with E-state index in [0.717, 1.165) is 35.1 Å². The molecule has 0 heterocycles. The molecule has 0 saturated heterocycles. The van der Waals surface area contributed by atoms with Gasteiger partial charge in [-0.1, -0.05) is 39.3 Å². The summed E-state index contributed by atoms with van der Waals surface area (Å²) in [4.78, 5) is 10.4. The molecule has 0 spiro atoms. The van der Waals surface area contributed by atoms with Gasteiger partial charge >= 0.3 is 0 Å². The zero-order valence-corrected chi connectivity index (χ0v) is 15.7. The van der Waals surface area contributed by atoms with Crippen molar-refractivity contribution >= 4 is 11.3 Å². The second kappa shape index (κ2) is 9.62. The van der Waals surface area contributed by atoms with Crippen LogP contribution in [0.2, 0.25) is 0 Å². The molecule has 2 aromatic rings. The van der Waals surface area contributed by atoms with Crippen molar-refractivity contribution in [2.24, 2.45) is 0 Å². The van der Waals surface area contributed by atoms with Crippen LogP contribution >= 0.6 is 0 Å². The molecule has 2 aromatic carbocycles. The van der Waals surface area contributed by atoms with Gasteiger partial charge in [-0.25, -0.2) is 0 Å². The van der Waals surface area contributed by atoms with Crippen LogP contribution in [0.5, 0.6) is 5.75 Å². The quantitative estimate of drug-likeness (QED) is 0.528. The van der Waals surface area contributed by atoms with Crippen molar-refractivity contribution < 1.29 is 10.0 Å². The number of aryl methyl sites for hydroxylation is 1. The summed E-state index contributed by atoms with van der Waals surface area (Å²) in [7, 11) is 0. The third-order valence-electron chi connectivity index (χ3n) is 3.92. The third-order valence-corrected chi connectivity index (χ3v) is 3.92. The van der Waals surface area contributed by atoms with Crippen molar-refractivity contribution in [1.82, 2.24) is 0 Å². The van der Waals surface area contributed by atoms with Gasteiger partial charge in [-0.2, -0.15) is 0 Å². The number of aromatic hydroxyl groups is 1. The topological polar surface area (TPSA) is 63.4 Å². The van der Waals surface area contributed by atoms with Gasteiger partial charge in [0.2, 0.25) is 0 Å². The number of phenols is 1. The fourth-order valence-electron chi connectivity index (χ4n) is 2.86. The summed E-state index contributed by atoms with van der Waals surface area (Å²) in [6.45, 7) is 10.1. The molecule has 134 valence electrons. The molecule has 1 aliphatic carbocycles. The van der Waals surface area contributed by atoms with Crippen molar-refractivity contribution in [1.29, 1.82) is 0 Å². The Balaban J connectivity index is 0.000000730. The summed E-state index contributed by atoms with van der Waals surface area (Å²) in [5.41, 5.74) is 5.68. The number of non-ortho nitro benzene ring substituents is 1. The molecule has 3 rings (SSSR count). The minimum atomic E-state index is -0.391. The largest absolute Gasteiger partial charge is 0.508 e. The lowest BCUT2D eigenvalue weighted by atomic mass is 9.82. The van der Waals surface area contributed by atoms with E-state index < -0.39 is 4.92 Å². The lowest BCUT2D eigenvalue weighted by Crippen LogP contribution is -2.04. The zero-order valence-electron chi connectivity index (χ0n) is 15.7. The van der Waals surface area contributed by atoms with Crippen LogP contribution in [0.4, 0.5) is 5.69 Å². The molecule has 25 heavy (non-hydrogen) atoms. The average Bonchev–Trinajstić information content (AvgIpc) is 2.65. The van der Waals surface area contributed by atoms with E-state index in [-0.39, 0.29) is 11.4 Å². The van der Waals surface area contributed by atoms with E-state index >= 15 is 0 Å². The Morgan fingerprint density at radius 3 is 2.12 bits per heavy atom. The molecule has 0 aliphatic heterocycles. The Bertz CT molecular complexity index is 746. The van der Waals surface area contributed by atoms with Crippen LogP contribution in [-0.4, -0.2) is 10.0 Å². The van der Waals surface area contributed by atoms with Crippen molar-refractivity contribution in [3.8, 4) is 5.75 Å². The molecular weight excluding hydrogens is 314 g/mol. The first-order chi connectivity index (χ1) is 12.1. The molecule has 0 bridgehead atoms. The molecule has 0 atom stereocenters. The van der Waals surface area contributed by atoms with Crippen LogP contribution in [0.15, 0.2) is 48.0 Å². The first-order valence-electron chi connectivity index (χ1n) is 8.83. The molecule has 4 nitrogen and oxygen atoms in total. The number of phenolic OH excluding ortho intramolecular Hbond substituents is 1. The Morgan fingerprint density at radius 1 is 0.960 bits per heavy atom.